The van der Waals surface area contributed by atoms with Crippen LogP contribution in [0.2, 0.25) is 0 Å². The number of benzene rings is 9. The zero-order valence-electron chi connectivity index (χ0n) is 31.9. The molecule has 2 heteroatoms. The normalized spacial score (nSPS) is 12.9. The van der Waals surface area contributed by atoms with Crippen LogP contribution in [0.4, 0.5) is 17.1 Å². The number of nitrogens with zero attached hydrogens (tertiary/aromatic N) is 1. The van der Waals surface area contributed by atoms with Crippen molar-refractivity contribution in [1.29, 1.82) is 0 Å². The second-order valence-corrected chi connectivity index (χ2v) is 16.7. The van der Waals surface area contributed by atoms with E-state index in [1.807, 2.05) is 11.3 Å². The highest BCUT2D eigenvalue weighted by Crippen LogP contribution is 2.53. The average molecular weight is 746 g/mol. The van der Waals surface area contributed by atoms with Crippen molar-refractivity contribution in [2.75, 3.05) is 4.90 Å². The van der Waals surface area contributed by atoms with Gasteiger partial charge in [0.15, 0.2) is 0 Å². The molecule has 0 saturated heterocycles. The minimum absolute atomic E-state index is 0.128. The van der Waals surface area contributed by atoms with Crippen LogP contribution in [0.25, 0.3) is 75.5 Å². The molecule has 1 nitrogen and oxygen atoms in total. The number of anilines is 3. The van der Waals surface area contributed by atoms with Crippen LogP contribution in [0.15, 0.2) is 200 Å². The molecule has 0 spiro atoms. The van der Waals surface area contributed by atoms with E-state index in [9.17, 15) is 0 Å². The Morgan fingerprint density at radius 2 is 1.02 bits per heavy atom. The van der Waals surface area contributed by atoms with Crippen molar-refractivity contribution in [2.45, 2.75) is 19.3 Å². The lowest BCUT2D eigenvalue weighted by Gasteiger charge is -2.30. The fourth-order valence-corrected chi connectivity index (χ4v) is 10.5. The third kappa shape index (κ3) is 5.36. The largest absolute Gasteiger partial charge is 0.310 e. The predicted molar refractivity (Wildman–Crippen MR) is 245 cm³/mol. The molecule has 0 radical (unpaired) electrons. The van der Waals surface area contributed by atoms with Crippen LogP contribution in [0.1, 0.15) is 25.0 Å². The topological polar surface area (TPSA) is 3.24 Å². The van der Waals surface area contributed by atoms with Gasteiger partial charge in [0, 0.05) is 42.5 Å². The lowest BCUT2D eigenvalue weighted by Crippen LogP contribution is -2.17. The zero-order valence-corrected chi connectivity index (χ0v) is 32.7. The molecule has 1 heterocycles. The second kappa shape index (κ2) is 13.2. The molecule has 57 heavy (non-hydrogen) atoms. The molecule has 1 aliphatic carbocycles. The third-order valence-electron chi connectivity index (χ3n) is 12.1. The van der Waals surface area contributed by atoms with Crippen molar-refractivity contribution in [3.05, 3.63) is 211 Å². The van der Waals surface area contributed by atoms with Crippen molar-refractivity contribution in [2.24, 2.45) is 0 Å². The van der Waals surface area contributed by atoms with Crippen LogP contribution in [-0.2, 0) is 5.41 Å². The molecule has 9 aromatic carbocycles. The number of para-hydroxylation sites is 1. The van der Waals surface area contributed by atoms with E-state index in [4.69, 9.17) is 0 Å². The Kier molecular flexibility index (Phi) is 7.77. The highest BCUT2D eigenvalue weighted by molar-refractivity contribution is 7.26. The summed E-state index contributed by atoms with van der Waals surface area (Å²) in [7, 11) is 0. The van der Waals surface area contributed by atoms with E-state index in [1.165, 1.54) is 86.6 Å². The highest BCUT2D eigenvalue weighted by Gasteiger charge is 2.36. The molecule has 11 rings (SSSR count). The van der Waals surface area contributed by atoms with Gasteiger partial charge in [-0.3, -0.25) is 0 Å². The number of rotatable bonds is 6. The Bertz CT molecular complexity index is 3150. The Labute approximate surface area is 337 Å². The van der Waals surface area contributed by atoms with Crippen molar-refractivity contribution >= 4 is 59.3 Å². The van der Waals surface area contributed by atoms with Gasteiger partial charge in [-0.05, 0) is 103 Å². The summed E-state index contributed by atoms with van der Waals surface area (Å²) in [5.41, 5.74) is 16.0. The first-order valence-corrected chi connectivity index (χ1v) is 20.6. The van der Waals surface area contributed by atoms with E-state index in [2.05, 4.69) is 219 Å². The molecule has 0 bridgehead atoms. The first-order chi connectivity index (χ1) is 28.0. The number of hydrogen-bond donors (Lipinski definition) is 0. The number of hydrogen-bond acceptors (Lipinski definition) is 2. The van der Waals surface area contributed by atoms with Gasteiger partial charge in [-0.25, -0.2) is 0 Å². The van der Waals surface area contributed by atoms with Crippen LogP contribution in [0.3, 0.4) is 0 Å². The van der Waals surface area contributed by atoms with E-state index >= 15 is 0 Å². The van der Waals surface area contributed by atoms with Gasteiger partial charge >= 0.3 is 0 Å². The summed E-state index contributed by atoms with van der Waals surface area (Å²) < 4.78 is 2.61. The monoisotopic (exact) mass is 745 g/mol. The molecule has 0 atom stereocenters. The van der Waals surface area contributed by atoms with Crippen LogP contribution >= 0.6 is 11.3 Å². The quantitative estimate of drug-likeness (QED) is 0.164. The summed E-state index contributed by atoms with van der Waals surface area (Å²) in [6.45, 7) is 4.73. The van der Waals surface area contributed by atoms with Gasteiger partial charge in [-0.2, -0.15) is 0 Å². The van der Waals surface area contributed by atoms with Gasteiger partial charge in [-0.1, -0.05) is 172 Å². The van der Waals surface area contributed by atoms with Crippen LogP contribution in [-0.4, -0.2) is 0 Å². The van der Waals surface area contributed by atoms with Crippen molar-refractivity contribution in [3.8, 4) is 44.5 Å². The van der Waals surface area contributed by atoms with E-state index < -0.39 is 0 Å². The van der Waals surface area contributed by atoms with Gasteiger partial charge < -0.3 is 4.90 Å². The highest BCUT2D eigenvalue weighted by atomic mass is 32.1. The summed E-state index contributed by atoms with van der Waals surface area (Å²) in [5.74, 6) is 0. The van der Waals surface area contributed by atoms with E-state index in [0.29, 0.717) is 0 Å². The SMILES string of the molecule is CC1(C)c2ccccc2-c2ccc(N(c3ccc(-c4ccccc4)cc3)c3ccccc3-c3ccc4sc5ccccc5c4c3-c3cccc4ccccc34)cc21. The molecule has 0 aliphatic heterocycles. The Morgan fingerprint density at radius 3 is 1.88 bits per heavy atom. The van der Waals surface area contributed by atoms with Gasteiger partial charge in [0.25, 0.3) is 0 Å². The maximum atomic E-state index is 2.48. The molecular formula is C55H39NS. The zero-order chi connectivity index (χ0) is 38.1. The standard InChI is InChI=1S/C55H39NS/c1-55(2)48-24-11-8-20-42(48)43-32-31-40(35-49(43)55)56(39-29-27-37(28-30-39)36-15-4-3-5-16-36)50-25-12-9-21-44(50)46-33-34-52-54(47-22-10-13-26-51(47)57-52)53(46)45-23-14-18-38-17-6-7-19-41(38)45/h3-35H,1-2H3. The molecule has 0 fully saturated rings. The van der Waals surface area contributed by atoms with Crippen molar-refractivity contribution in [3.63, 3.8) is 0 Å². The van der Waals surface area contributed by atoms with Crippen molar-refractivity contribution in [1.82, 2.24) is 0 Å². The van der Waals surface area contributed by atoms with E-state index in [-0.39, 0.29) is 5.41 Å². The minimum atomic E-state index is -0.128. The molecule has 0 saturated carbocycles. The van der Waals surface area contributed by atoms with Gasteiger partial charge in [0.1, 0.15) is 0 Å². The smallest absolute Gasteiger partial charge is 0.0540 e. The maximum Gasteiger partial charge on any atom is 0.0540 e. The van der Waals surface area contributed by atoms with Gasteiger partial charge in [0.2, 0.25) is 0 Å². The minimum Gasteiger partial charge on any atom is -0.310 e. The number of fused-ring (bicyclic) bond motifs is 7. The first-order valence-electron chi connectivity index (χ1n) is 19.8. The lowest BCUT2D eigenvalue weighted by atomic mass is 9.82. The summed E-state index contributed by atoms with van der Waals surface area (Å²) in [6, 6.07) is 73.9. The average Bonchev–Trinajstić information content (AvgIpc) is 3.76. The summed E-state index contributed by atoms with van der Waals surface area (Å²) >= 11 is 1.88. The van der Waals surface area contributed by atoms with E-state index in [1.54, 1.807) is 0 Å². The maximum absolute atomic E-state index is 2.48. The molecule has 1 aromatic heterocycles. The predicted octanol–water partition coefficient (Wildman–Crippen LogP) is 16.0. The molecule has 270 valence electrons. The van der Waals surface area contributed by atoms with Gasteiger partial charge in [-0.15, -0.1) is 11.3 Å². The Hall–Kier alpha value is -6.74. The number of thiophene rings is 1. The van der Waals surface area contributed by atoms with Crippen LogP contribution < -0.4 is 4.90 Å². The third-order valence-corrected chi connectivity index (χ3v) is 13.2. The van der Waals surface area contributed by atoms with Gasteiger partial charge in [0.05, 0.1) is 5.69 Å². The Morgan fingerprint density at radius 1 is 0.404 bits per heavy atom. The van der Waals surface area contributed by atoms with Crippen LogP contribution in [0.5, 0.6) is 0 Å². The molecular weight excluding hydrogens is 707 g/mol. The molecule has 0 amide bonds. The fourth-order valence-electron chi connectivity index (χ4n) is 9.35. The summed E-state index contributed by atoms with van der Waals surface area (Å²) in [5, 5.41) is 5.12. The molecule has 10 aromatic rings. The molecule has 0 unspecified atom stereocenters. The summed E-state index contributed by atoms with van der Waals surface area (Å²) in [4.78, 5) is 2.48. The Balaban J connectivity index is 1.18. The molecule has 0 N–H and O–H groups in total. The summed E-state index contributed by atoms with van der Waals surface area (Å²) in [6.07, 6.45) is 0. The lowest BCUT2D eigenvalue weighted by molar-refractivity contribution is 0.660. The van der Waals surface area contributed by atoms with Crippen LogP contribution in [0, 0.1) is 0 Å². The first kappa shape index (κ1) is 33.6. The second-order valence-electron chi connectivity index (χ2n) is 15.7. The van der Waals surface area contributed by atoms with Crippen molar-refractivity contribution < 1.29 is 0 Å². The fraction of sp³-hybridized carbons (Fsp3) is 0.0545. The van der Waals surface area contributed by atoms with E-state index in [0.717, 1.165) is 17.1 Å². The molecule has 1 aliphatic rings.